The number of nitrogens with zero attached hydrogens (tertiary/aromatic N) is 2. The molecule has 0 spiro atoms. The summed E-state index contributed by atoms with van der Waals surface area (Å²) < 4.78 is 5.47. The second kappa shape index (κ2) is 6.23. The van der Waals surface area contributed by atoms with E-state index < -0.39 is 0 Å². The first-order chi connectivity index (χ1) is 9.61. The first kappa shape index (κ1) is 14.1. The molecule has 0 fully saturated rings. The van der Waals surface area contributed by atoms with Gasteiger partial charge in [-0.05, 0) is 38.5 Å². The molecule has 2 rings (SSSR count). The molecule has 0 aliphatic heterocycles. The molecular weight excluding hydrogens is 252 g/mol. The van der Waals surface area contributed by atoms with E-state index in [0.29, 0.717) is 12.5 Å². The zero-order valence-corrected chi connectivity index (χ0v) is 12.1. The number of rotatable bonds is 5. The number of anilines is 2. The van der Waals surface area contributed by atoms with E-state index in [9.17, 15) is 0 Å². The number of aromatic nitrogens is 2. The van der Waals surface area contributed by atoms with Crippen LogP contribution in [0.3, 0.4) is 0 Å². The number of nitrogens with two attached hydrogens (primary N) is 1. The molecular formula is C15H20N4O. The molecule has 0 aliphatic rings. The molecule has 0 saturated carbocycles. The lowest BCUT2D eigenvalue weighted by molar-refractivity contribution is 0.324. The number of hydrogen-bond acceptors (Lipinski definition) is 5. The second-order valence-electron chi connectivity index (χ2n) is 4.62. The molecule has 0 radical (unpaired) electrons. The summed E-state index contributed by atoms with van der Waals surface area (Å²) in [6, 6.07) is 7.91. The topological polar surface area (TPSA) is 73.1 Å². The quantitative estimate of drug-likeness (QED) is 0.819. The smallest absolute Gasteiger partial charge is 0.221 e. The van der Waals surface area contributed by atoms with Gasteiger partial charge in [-0.3, -0.25) is 0 Å². The molecule has 5 heteroatoms. The third-order valence-electron chi connectivity index (χ3n) is 3.08. The molecule has 1 heterocycles. The molecule has 0 bridgehead atoms. The normalized spacial score (nSPS) is 11.9. The van der Waals surface area contributed by atoms with Gasteiger partial charge in [-0.15, -0.1) is 0 Å². The van der Waals surface area contributed by atoms with Crippen molar-refractivity contribution in [1.29, 1.82) is 0 Å². The Labute approximate surface area is 119 Å². The zero-order valence-electron chi connectivity index (χ0n) is 12.1. The van der Waals surface area contributed by atoms with Crippen LogP contribution in [0, 0.1) is 6.92 Å². The Morgan fingerprint density at radius 2 is 2.15 bits per heavy atom. The van der Waals surface area contributed by atoms with Crippen molar-refractivity contribution in [2.45, 2.75) is 26.8 Å². The minimum absolute atomic E-state index is 0.0987. The van der Waals surface area contributed by atoms with E-state index in [1.165, 1.54) is 6.33 Å². The Morgan fingerprint density at radius 3 is 2.85 bits per heavy atom. The zero-order chi connectivity index (χ0) is 14.5. The van der Waals surface area contributed by atoms with Crippen LogP contribution >= 0.6 is 0 Å². The van der Waals surface area contributed by atoms with Crippen molar-refractivity contribution >= 4 is 11.5 Å². The van der Waals surface area contributed by atoms with Crippen molar-refractivity contribution in [3.63, 3.8) is 0 Å². The van der Waals surface area contributed by atoms with E-state index in [-0.39, 0.29) is 6.04 Å². The summed E-state index contributed by atoms with van der Waals surface area (Å²) in [7, 11) is 0. The van der Waals surface area contributed by atoms with E-state index in [1.807, 2.05) is 38.1 Å². The van der Waals surface area contributed by atoms with Crippen molar-refractivity contribution in [1.82, 2.24) is 9.97 Å². The molecule has 1 aromatic carbocycles. The van der Waals surface area contributed by atoms with E-state index in [4.69, 9.17) is 10.5 Å². The highest BCUT2D eigenvalue weighted by Gasteiger charge is 2.11. The van der Waals surface area contributed by atoms with Gasteiger partial charge in [-0.1, -0.05) is 12.1 Å². The second-order valence-corrected chi connectivity index (χ2v) is 4.62. The Balaban J connectivity index is 2.19. The van der Waals surface area contributed by atoms with Gasteiger partial charge in [0.05, 0.1) is 18.2 Å². The van der Waals surface area contributed by atoms with Gasteiger partial charge in [-0.25, -0.2) is 9.97 Å². The Morgan fingerprint density at radius 1 is 1.35 bits per heavy atom. The number of nitrogen functional groups attached to an aromatic ring is 1. The van der Waals surface area contributed by atoms with Crippen LogP contribution in [-0.2, 0) is 0 Å². The van der Waals surface area contributed by atoms with Crippen LogP contribution in [0.4, 0.5) is 11.5 Å². The van der Waals surface area contributed by atoms with Crippen LogP contribution in [0.15, 0.2) is 30.6 Å². The van der Waals surface area contributed by atoms with Gasteiger partial charge in [0, 0.05) is 5.69 Å². The van der Waals surface area contributed by atoms with Crippen LogP contribution in [0.25, 0.3) is 0 Å². The monoisotopic (exact) mass is 272 g/mol. The SMILES string of the molecule is CCOc1ncnc(NC(C)c2cccc(N)c2)c1C. The maximum absolute atomic E-state index is 5.81. The van der Waals surface area contributed by atoms with Gasteiger partial charge < -0.3 is 15.8 Å². The lowest BCUT2D eigenvalue weighted by Gasteiger charge is -2.17. The van der Waals surface area contributed by atoms with Crippen molar-refractivity contribution in [3.8, 4) is 5.88 Å². The molecule has 0 saturated heterocycles. The van der Waals surface area contributed by atoms with Crippen molar-refractivity contribution in [3.05, 3.63) is 41.7 Å². The summed E-state index contributed by atoms with van der Waals surface area (Å²) >= 11 is 0. The van der Waals surface area contributed by atoms with E-state index in [2.05, 4.69) is 22.2 Å². The number of benzene rings is 1. The Bertz CT molecular complexity index is 586. The molecule has 3 N–H and O–H groups in total. The molecule has 20 heavy (non-hydrogen) atoms. The number of nitrogens with one attached hydrogen (secondary N) is 1. The first-order valence-electron chi connectivity index (χ1n) is 6.68. The van der Waals surface area contributed by atoms with Crippen LogP contribution in [0.1, 0.15) is 31.0 Å². The maximum atomic E-state index is 5.81. The maximum Gasteiger partial charge on any atom is 0.221 e. The molecule has 1 aromatic heterocycles. The fraction of sp³-hybridized carbons (Fsp3) is 0.333. The molecule has 0 aliphatic carbocycles. The van der Waals surface area contributed by atoms with Crippen molar-refractivity contribution < 1.29 is 4.74 Å². The molecule has 2 aromatic rings. The third kappa shape index (κ3) is 3.17. The fourth-order valence-electron chi connectivity index (χ4n) is 1.98. The Kier molecular flexibility index (Phi) is 4.40. The van der Waals surface area contributed by atoms with E-state index in [1.54, 1.807) is 0 Å². The van der Waals surface area contributed by atoms with E-state index in [0.717, 1.165) is 22.6 Å². The van der Waals surface area contributed by atoms with Gasteiger partial charge in [-0.2, -0.15) is 0 Å². The first-order valence-corrected chi connectivity index (χ1v) is 6.68. The minimum atomic E-state index is 0.0987. The lowest BCUT2D eigenvalue weighted by Crippen LogP contribution is -2.11. The molecule has 5 nitrogen and oxygen atoms in total. The van der Waals surface area contributed by atoms with Crippen LogP contribution < -0.4 is 15.8 Å². The average molecular weight is 272 g/mol. The highest BCUT2D eigenvalue weighted by Crippen LogP contribution is 2.25. The summed E-state index contributed by atoms with van der Waals surface area (Å²) in [6.45, 7) is 6.53. The summed E-state index contributed by atoms with van der Waals surface area (Å²) in [6.07, 6.45) is 1.51. The fourth-order valence-corrected chi connectivity index (χ4v) is 1.98. The highest BCUT2D eigenvalue weighted by atomic mass is 16.5. The van der Waals surface area contributed by atoms with Gasteiger partial charge in [0.15, 0.2) is 0 Å². The lowest BCUT2D eigenvalue weighted by atomic mass is 10.1. The molecule has 0 amide bonds. The summed E-state index contributed by atoms with van der Waals surface area (Å²) in [5.74, 6) is 1.39. The van der Waals surface area contributed by atoms with E-state index >= 15 is 0 Å². The minimum Gasteiger partial charge on any atom is -0.478 e. The largest absolute Gasteiger partial charge is 0.478 e. The summed E-state index contributed by atoms with van der Waals surface area (Å²) in [5.41, 5.74) is 8.58. The van der Waals surface area contributed by atoms with Crippen molar-refractivity contribution in [2.24, 2.45) is 0 Å². The highest BCUT2D eigenvalue weighted by molar-refractivity contribution is 5.50. The van der Waals surface area contributed by atoms with Gasteiger partial charge in [0.25, 0.3) is 0 Å². The van der Waals surface area contributed by atoms with Crippen LogP contribution in [0.2, 0.25) is 0 Å². The predicted molar refractivity (Wildman–Crippen MR) is 80.8 cm³/mol. The van der Waals surface area contributed by atoms with Gasteiger partial charge in [0.2, 0.25) is 5.88 Å². The third-order valence-corrected chi connectivity index (χ3v) is 3.08. The number of ether oxygens (including phenoxy) is 1. The molecule has 1 unspecified atom stereocenters. The van der Waals surface area contributed by atoms with Crippen LogP contribution in [-0.4, -0.2) is 16.6 Å². The van der Waals surface area contributed by atoms with Gasteiger partial charge in [0.1, 0.15) is 12.1 Å². The molecule has 1 atom stereocenters. The standard InChI is InChI=1S/C15H20N4O/c1-4-20-15-10(2)14(17-9-18-15)19-11(3)12-6-5-7-13(16)8-12/h5-9,11H,4,16H2,1-3H3,(H,17,18,19). The number of hydrogen-bond donors (Lipinski definition) is 2. The van der Waals surface area contributed by atoms with Gasteiger partial charge >= 0.3 is 0 Å². The van der Waals surface area contributed by atoms with Crippen molar-refractivity contribution in [2.75, 3.05) is 17.7 Å². The summed E-state index contributed by atoms with van der Waals surface area (Å²) in [4.78, 5) is 8.41. The predicted octanol–water partition coefficient (Wildman–Crippen LogP) is 2.94. The Hall–Kier alpha value is -2.30. The summed E-state index contributed by atoms with van der Waals surface area (Å²) in [5, 5.41) is 3.37. The average Bonchev–Trinajstić information content (AvgIpc) is 2.43. The molecule has 106 valence electrons. The van der Waals surface area contributed by atoms with Crippen LogP contribution in [0.5, 0.6) is 5.88 Å².